The molecule has 0 saturated carbocycles. The van der Waals surface area contributed by atoms with Gasteiger partial charge in [-0.15, -0.1) is 11.8 Å². The van der Waals surface area contributed by atoms with Gasteiger partial charge in [0, 0.05) is 36.7 Å². The van der Waals surface area contributed by atoms with E-state index in [1.54, 1.807) is 11.8 Å². The Bertz CT molecular complexity index is 860. The molecule has 2 aromatic rings. The summed E-state index contributed by atoms with van der Waals surface area (Å²) < 4.78 is 5.62. The zero-order chi connectivity index (χ0) is 20.9. The van der Waals surface area contributed by atoms with E-state index < -0.39 is 0 Å². The number of ether oxygens (including phenoxy) is 1. The average molecular weight is 428 g/mol. The van der Waals surface area contributed by atoms with Gasteiger partial charge in [-0.2, -0.15) is 0 Å². The Hall–Kier alpha value is -2.09. The smallest absolute Gasteiger partial charge is 0.255 e. The molecule has 7 heteroatoms. The highest BCUT2D eigenvalue weighted by Gasteiger charge is 2.25. The molecule has 1 amide bonds. The number of aromatic nitrogens is 1. The maximum absolute atomic E-state index is 13.0. The van der Waals surface area contributed by atoms with Gasteiger partial charge in [0.25, 0.3) is 5.91 Å². The van der Waals surface area contributed by atoms with Crippen molar-refractivity contribution in [2.24, 2.45) is 0 Å². The van der Waals surface area contributed by atoms with Crippen LogP contribution in [0.5, 0.6) is 0 Å². The van der Waals surface area contributed by atoms with E-state index in [1.165, 1.54) is 4.90 Å². The third-order valence-electron chi connectivity index (χ3n) is 5.78. The SMILES string of the molecule is CSc1ccc(-c2ccc(C(=O)NCC3CCCO3)c(N3CCC(O)CC3)n2)cc1. The van der Waals surface area contributed by atoms with Crippen LogP contribution < -0.4 is 10.2 Å². The third kappa shape index (κ3) is 4.96. The number of pyridine rings is 1. The Labute approximate surface area is 182 Å². The number of carbonyl (C=O) groups excluding carboxylic acids is 1. The summed E-state index contributed by atoms with van der Waals surface area (Å²) >= 11 is 1.71. The minimum Gasteiger partial charge on any atom is -0.393 e. The van der Waals surface area contributed by atoms with E-state index >= 15 is 0 Å². The molecule has 6 nitrogen and oxygen atoms in total. The molecule has 1 aromatic heterocycles. The summed E-state index contributed by atoms with van der Waals surface area (Å²) in [5.74, 6) is 0.571. The molecule has 2 saturated heterocycles. The molecule has 0 aliphatic carbocycles. The van der Waals surface area contributed by atoms with Crippen molar-refractivity contribution in [3.63, 3.8) is 0 Å². The molecule has 0 spiro atoms. The largest absolute Gasteiger partial charge is 0.393 e. The predicted octanol–water partition coefficient (Wildman–Crippen LogP) is 3.34. The van der Waals surface area contributed by atoms with Crippen LogP contribution in [0.25, 0.3) is 11.3 Å². The maximum Gasteiger partial charge on any atom is 0.255 e. The van der Waals surface area contributed by atoms with Crippen LogP contribution in [0.2, 0.25) is 0 Å². The van der Waals surface area contributed by atoms with Gasteiger partial charge in [0.2, 0.25) is 0 Å². The van der Waals surface area contributed by atoms with Crippen LogP contribution in [0.1, 0.15) is 36.0 Å². The van der Waals surface area contributed by atoms with Gasteiger partial charge in [0.15, 0.2) is 0 Å². The molecule has 1 aromatic carbocycles. The van der Waals surface area contributed by atoms with Crippen LogP contribution in [0, 0.1) is 0 Å². The standard InChI is InChI=1S/C23H29N3O3S/c1-30-19-6-4-16(5-7-19)21-9-8-20(23(28)24-15-18-3-2-14-29-18)22(25-21)26-12-10-17(27)11-13-26/h4-9,17-18,27H,2-3,10-15H2,1H3,(H,24,28). The predicted molar refractivity (Wildman–Crippen MR) is 120 cm³/mol. The summed E-state index contributed by atoms with van der Waals surface area (Å²) in [6.45, 7) is 2.67. The second-order valence-electron chi connectivity index (χ2n) is 7.86. The number of rotatable bonds is 6. The average Bonchev–Trinajstić information content (AvgIpc) is 3.31. The minimum atomic E-state index is -0.277. The van der Waals surface area contributed by atoms with Crippen LogP contribution in [0.15, 0.2) is 41.3 Å². The Morgan fingerprint density at radius 3 is 2.63 bits per heavy atom. The van der Waals surface area contributed by atoms with Crippen molar-refractivity contribution < 1.29 is 14.6 Å². The molecular weight excluding hydrogens is 398 g/mol. The van der Waals surface area contributed by atoms with Crippen LogP contribution >= 0.6 is 11.8 Å². The van der Waals surface area contributed by atoms with E-state index in [-0.39, 0.29) is 18.1 Å². The number of thioether (sulfide) groups is 1. The van der Waals surface area contributed by atoms with E-state index in [0.717, 1.165) is 30.7 Å². The van der Waals surface area contributed by atoms with Gasteiger partial charge in [-0.05, 0) is 56.2 Å². The fraction of sp³-hybridized carbons (Fsp3) is 0.478. The molecule has 1 unspecified atom stereocenters. The number of aliphatic hydroxyl groups is 1. The maximum atomic E-state index is 13.0. The van der Waals surface area contributed by atoms with Gasteiger partial charge in [-0.25, -0.2) is 4.98 Å². The molecule has 0 radical (unpaired) electrons. The number of benzene rings is 1. The first-order chi connectivity index (χ1) is 14.6. The number of anilines is 1. The van der Waals surface area contributed by atoms with Crippen molar-refractivity contribution in [3.05, 3.63) is 42.0 Å². The normalized spacial score (nSPS) is 19.8. The summed E-state index contributed by atoms with van der Waals surface area (Å²) in [4.78, 5) is 21.2. The molecule has 1 atom stereocenters. The van der Waals surface area contributed by atoms with Crippen molar-refractivity contribution >= 4 is 23.5 Å². The lowest BCUT2D eigenvalue weighted by atomic mass is 10.1. The summed E-state index contributed by atoms with van der Waals surface area (Å²) in [5.41, 5.74) is 2.45. The summed E-state index contributed by atoms with van der Waals surface area (Å²) in [6.07, 6.45) is 5.29. The number of nitrogens with zero attached hydrogens (tertiary/aromatic N) is 2. The van der Waals surface area contributed by atoms with Crippen molar-refractivity contribution in [2.45, 2.75) is 42.8 Å². The van der Waals surface area contributed by atoms with Crippen LogP contribution in [0.4, 0.5) is 5.82 Å². The molecule has 4 rings (SSSR count). The molecule has 30 heavy (non-hydrogen) atoms. The zero-order valence-electron chi connectivity index (χ0n) is 17.3. The van der Waals surface area contributed by atoms with Gasteiger partial charge in [-0.3, -0.25) is 4.79 Å². The number of piperidine rings is 1. The topological polar surface area (TPSA) is 74.7 Å². The highest BCUT2D eigenvalue weighted by molar-refractivity contribution is 7.98. The van der Waals surface area contributed by atoms with Crippen LogP contribution in [-0.4, -0.2) is 60.7 Å². The molecule has 2 aliphatic heterocycles. The second kappa shape index (κ2) is 9.81. The van der Waals surface area contributed by atoms with Gasteiger partial charge in [0.05, 0.1) is 23.5 Å². The van der Waals surface area contributed by atoms with E-state index in [0.29, 0.717) is 43.9 Å². The first-order valence-electron chi connectivity index (χ1n) is 10.6. The van der Waals surface area contributed by atoms with Gasteiger partial charge in [0.1, 0.15) is 5.82 Å². The van der Waals surface area contributed by atoms with Gasteiger partial charge < -0.3 is 20.1 Å². The lowest BCUT2D eigenvalue weighted by Crippen LogP contribution is -2.39. The monoisotopic (exact) mass is 427 g/mol. The molecule has 3 heterocycles. The Morgan fingerprint density at radius 2 is 1.97 bits per heavy atom. The summed E-state index contributed by atoms with van der Waals surface area (Å²) in [7, 11) is 0. The van der Waals surface area contributed by atoms with Crippen molar-refractivity contribution in [3.8, 4) is 11.3 Å². The van der Waals surface area contributed by atoms with Gasteiger partial charge in [-0.1, -0.05) is 12.1 Å². The molecule has 2 N–H and O–H groups in total. The molecule has 160 valence electrons. The fourth-order valence-electron chi connectivity index (χ4n) is 3.97. The highest BCUT2D eigenvalue weighted by atomic mass is 32.2. The molecule has 0 bridgehead atoms. The first kappa shape index (κ1) is 21.2. The van der Waals surface area contributed by atoms with Crippen molar-refractivity contribution in [1.29, 1.82) is 0 Å². The number of carbonyl (C=O) groups is 1. The number of hydrogen-bond donors (Lipinski definition) is 2. The Morgan fingerprint density at radius 1 is 1.20 bits per heavy atom. The highest BCUT2D eigenvalue weighted by Crippen LogP contribution is 2.28. The lowest BCUT2D eigenvalue weighted by Gasteiger charge is -2.32. The molecule has 2 fully saturated rings. The van der Waals surface area contributed by atoms with E-state index in [4.69, 9.17) is 9.72 Å². The number of aliphatic hydroxyl groups excluding tert-OH is 1. The quantitative estimate of drug-likeness (QED) is 0.689. The van der Waals surface area contributed by atoms with Gasteiger partial charge >= 0.3 is 0 Å². The minimum absolute atomic E-state index is 0.102. The Balaban J connectivity index is 1.59. The van der Waals surface area contributed by atoms with E-state index in [2.05, 4.69) is 40.7 Å². The summed E-state index contributed by atoms with van der Waals surface area (Å²) in [5, 5.41) is 12.9. The Kier molecular flexibility index (Phi) is 6.92. The first-order valence-corrected chi connectivity index (χ1v) is 11.8. The lowest BCUT2D eigenvalue weighted by molar-refractivity contribution is 0.0857. The van der Waals surface area contributed by atoms with E-state index in [9.17, 15) is 9.90 Å². The molecule has 2 aliphatic rings. The second-order valence-corrected chi connectivity index (χ2v) is 8.74. The van der Waals surface area contributed by atoms with Crippen LogP contribution in [-0.2, 0) is 4.74 Å². The summed E-state index contributed by atoms with van der Waals surface area (Å²) in [6, 6.07) is 12.1. The zero-order valence-corrected chi connectivity index (χ0v) is 18.2. The fourth-order valence-corrected chi connectivity index (χ4v) is 4.38. The number of nitrogens with one attached hydrogen (secondary N) is 1. The third-order valence-corrected chi connectivity index (χ3v) is 6.53. The number of hydrogen-bond acceptors (Lipinski definition) is 6. The molecular formula is C23H29N3O3S. The van der Waals surface area contributed by atoms with Crippen molar-refractivity contribution in [1.82, 2.24) is 10.3 Å². The van der Waals surface area contributed by atoms with Crippen LogP contribution in [0.3, 0.4) is 0 Å². The number of amides is 1. The van der Waals surface area contributed by atoms with Crippen molar-refractivity contribution in [2.75, 3.05) is 37.4 Å². The van der Waals surface area contributed by atoms with E-state index in [1.807, 2.05) is 12.1 Å².